The van der Waals surface area contributed by atoms with Gasteiger partial charge in [0, 0.05) is 5.56 Å². The zero-order valence-corrected chi connectivity index (χ0v) is 9.93. The fourth-order valence-electron chi connectivity index (χ4n) is 1.37. The van der Waals surface area contributed by atoms with Gasteiger partial charge in [0.15, 0.2) is 11.4 Å². The van der Waals surface area contributed by atoms with E-state index in [0.29, 0.717) is 0 Å². The molecule has 1 aromatic carbocycles. The normalized spacial score (nSPS) is 8.53. The van der Waals surface area contributed by atoms with Gasteiger partial charge in [-0.25, -0.2) is 0 Å². The van der Waals surface area contributed by atoms with E-state index >= 15 is 0 Å². The molecule has 0 aliphatic rings. The van der Waals surface area contributed by atoms with Crippen LogP contribution in [0.3, 0.4) is 0 Å². The first kappa shape index (κ1) is 13.8. The van der Waals surface area contributed by atoms with E-state index in [1.54, 1.807) is 18.2 Å². The number of carbonyl (C=O) groups excluding carboxylic acids is 1. The van der Waals surface area contributed by atoms with Crippen LogP contribution in [-0.2, 0) is 0 Å². The predicted octanol–water partition coefficient (Wildman–Crippen LogP) is 1.83. The van der Waals surface area contributed by atoms with Crippen molar-refractivity contribution in [2.75, 3.05) is 5.32 Å². The molecular weight excluding hydrogens is 244 g/mol. The topological polar surface area (TPSA) is 121 Å². The molecule has 0 aromatic heterocycles. The van der Waals surface area contributed by atoms with Crippen LogP contribution in [0.5, 0.6) is 5.75 Å². The van der Waals surface area contributed by atoms with E-state index in [1.807, 2.05) is 0 Å². The van der Waals surface area contributed by atoms with Crippen molar-refractivity contribution in [2.24, 2.45) is 0 Å². The van der Waals surface area contributed by atoms with Crippen LogP contribution in [0.25, 0.3) is 0 Å². The molecule has 0 radical (unpaired) electrons. The van der Waals surface area contributed by atoms with E-state index in [9.17, 15) is 9.90 Å². The number of benzene rings is 1. The minimum Gasteiger partial charge on any atom is -0.506 e. The molecule has 0 spiro atoms. The van der Waals surface area contributed by atoms with Gasteiger partial charge in [0.1, 0.15) is 29.7 Å². The maximum atomic E-state index is 11.4. The number of nitrogens with zero attached hydrogens (tertiary/aromatic N) is 3. The second kappa shape index (κ2) is 5.86. The third-order valence-electron chi connectivity index (χ3n) is 2.26. The maximum Gasteiger partial charge on any atom is 0.163 e. The summed E-state index contributed by atoms with van der Waals surface area (Å²) < 4.78 is 0. The Bertz CT molecular complexity index is 668. The molecule has 0 unspecified atom stereocenters. The molecule has 0 bridgehead atoms. The molecule has 0 saturated heterocycles. The number of ketones is 1. The van der Waals surface area contributed by atoms with Gasteiger partial charge in [-0.15, -0.1) is 0 Å². The molecule has 92 valence electrons. The number of phenolic OH excluding ortho intramolecular Hbond substituents is 1. The lowest BCUT2D eigenvalue weighted by molar-refractivity contribution is 0.101. The maximum absolute atomic E-state index is 11.4. The highest BCUT2D eigenvalue weighted by atomic mass is 16.3. The molecule has 1 aromatic rings. The highest BCUT2D eigenvalue weighted by Gasteiger charge is 2.14. The fraction of sp³-hybridized carbons (Fsp3) is 0.0769. The van der Waals surface area contributed by atoms with Gasteiger partial charge >= 0.3 is 0 Å². The molecule has 0 aliphatic carbocycles. The summed E-state index contributed by atoms with van der Waals surface area (Å²) in [6, 6.07) is 9.02. The van der Waals surface area contributed by atoms with Crippen LogP contribution >= 0.6 is 0 Å². The summed E-state index contributed by atoms with van der Waals surface area (Å²) in [6.07, 6.45) is 0. The first-order chi connectivity index (χ1) is 9.04. The zero-order chi connectivity index (χ0) is 14.4. The Hall–Kier alpha value is -3.30. The van der Waals surface area contributed by atoms with Gasteiger partial charge in [-0.3, -0.25) is 4.79 Å². The Morgan fingerprint density at radius 2 is 1.84 bits per heavy atom. The highest BCUT2D eigenvalue weighted by molar-refractivity contribution is 6.01. The van der Waals surface area contributed by atoms with E-state index in [4.69, 9.17) is 15.8 Å². The first-order valence-corrected chi connectivity index (χ1v) is 5.09. The number of rotatable bonds is 3. The van der Waals surface area contributed by atoms with E-state index in [2.05, 4.69) is 5.32 Å². The van der Waals surface area contributed by atoms with Crippen LogP contribution < -0.4 is 5.32 Å². The van der Waals surface area contributed by atoms with Crippen molar-refractivity contribution < 1.29 is 9.90 Å². The standard InChI is InChI=1S/C13H8N4O2/c1-8(18)10-3-2-4-12(19)13(10)17-11(7-16)9(5-14)6-15/h2-4,17,19H,1H3. The number of allylic oxidation sites excluding steroid dienone is 2. The largest absolute Gasteiger partial charge is 0.506 e. The van der Waals surface area contributed by atoms with Gasteiger partial charge in [0.05, 0.1) is 5.69 Å². The van der Waals surface area contributed by atoms with E-state index < -0.39 is 5.57 Å². The smallest absolute Gasteiger partial charge is 0.163 e. The lowest BCUT2D eigenvalue weighted by Gasteiger charge is -2.10. The van der Waals surface area contributed by atoms with Crippen LogP contribution in [0.2, 0.25) is 0 Å². The quantitative estimate of drug-likeness (QED) is 0.481. The molecule has 0 saturated carbocycles. The summed E-state index contributed by atoms with van der Waals surface area (Å²) >= 11 is 0. The number of nitrogens with one attached hydrogen (secondary N) is 1. The summed E-state index contributed by atoms with van der Waals surface area (Å²) in [4.78, 5) is 11.4. The lowest BCUT2D eigenvalue weighted by Crippen LogP contribution is -2.06. The number of nitriles is 3. The van der Waals surface area contributed by atoms with Gasteiger partial charge < -0.3 is 10.4 Å². The van der Waals surface area contributed by atoms with E-state index in [1.165, 1.54) is 25.1 Å². The molecule has 0 heterocycles. The zero-order valence-electron chi connectivity index (χ0n) is 9.93. The minimum absolute atomic E-state index is 0.00505. The summed E-state index contributed by atoms with van der Waals surface area (Å²) in [5.41, 5.74) is -0.605. The molecule has 19 heavy (non-hydrogen) atoms. The third-order valence-corrected chi connectivity index (χ3v) is 2.26. The average molecular weight is 252 g/mol. The minimum atomic E-state index is -0.430. The van der Waals surface area contributed by atoms with Crippen LogP contribution in [-0.4, -0.2) is 10.9 Å². The molecule has 0 atom stereocenters. The Morgan fingerprint density at radius 3 is 2.32 bits per heavy atom. The Morgan fingerprint density at radius 1 is 1.21 bits per heavy atom. The molecular formula is C13H8N4O2. The molecule has 0 amide bonds. The Kier molecular flexibility index (Phi) is 4.24. The number of hydrogen-bond acceptors (Lipinski definition) is 6. The number of para-hydroxylation sites is 1. The van der Waals surface area contributed by atoms with Crippen molar-refractivity contribution in [3.8, 4) is 24.0 Å². The number of hydrogen-bond donors (Lipinski definition) is 2. The van der Waals surface area contributed by atoms with Crippen molar-refractivity contribution in [3.05, 3.63) is 35.0 Å². The number of phenols is 1. The average Bonchev–Trinajstić information content (AvgIpc) is 2.40. The van der Waals surface area contributed by atoms with Crippen molar-refractivity contribution in [2.45, 2.75) is 6.92 Å². The number of Topliss-reactive ketones (excluding diaryl/α,β-unsaturated/α-hetero) is 1. The molecule has 2 N–H and O–H groups in total. The van der Waals surface area contributed by atoms with Gasteiger partial charge in [-0.05, 0) is 19.1 Å². The molecule has 0 aliphatic heterocycles. The fourth-order valence-corrected chi connectivity index (χ4v) is 1.37. The van der Waals surface area contributed by atoms with Crippen molar-refractivity contribution in [1.82, 2.24) is 0 Å². The Balaban J connectivity index is 3.40. The molecule has 6 nitrogen and oxygen atoms in total. The van der Waals surface area contributed by atoms with Gasteiger partial charge in [-0.1, -0.05) is 6.07 Å². The lowest BCUT2D eigenvalue weighted by atomic mass is 10.1. The van der Waals surface area contributed by atoms with Gasteiger partial charge in [-0.2, -0.15) is 15.8 Å². The van der Waals surface area contributed by atoms with Crippen LogP contribution in [0.15, 0.2) is 29.5 Å². The first-order valence-electron chi connectivity index (χ1n) is 5.09. The van der Waals surface area contributed by atoms with Crippen molar-refractivity contribution in [1.29, 1.82) is 15.8 Å². The van der Waals surface area contributed by atoms with Crippen LogP contribution in [0, 0.1) is 34.0 Å². The van der Waals surface area contributed by atoms with Gasteiger partial charge in [0.25, 0.3) is 0 Å². The van der Waals surface area contributed by atoms with Gasteiger partial charge in [0.2, 0.25) is 0 Å². The summed E-state index contributed by atoms with van der Waals surface area (Å²) in [7, 11) is 0. The Labute approximate surface area is 109 Å². The summed E-state index contributed by atoms with van der Waals surface area (Å²) in [6.45, 7) is 1.30. The number of aromatic hydroxyl groups is 1. The molecule has 6 heteroatoms. The van der Waals surface area contributed by atoms with Crippen molar-refractivity contribution in [3.63, 3.8) is 0 Å². The highest BCUT2D eigenvalue weighted by Crippen LogP contribution is 2.29. The predicted molar refractivity (Wildman–Crippen MR) is 65.6 cm³/mol. The summed E-state index contributed by atoms with van der Waals surface area (Å²) in [5, 5.41) is 38.5. The van der Waals surface area contributed by atoms with E-state index in [0.717, 1.165) is 0 Å². The van der Waals surface area contributed by atoms with Crippen LogP contribution in [0.1, 0.15) is 17.3 Å². The SMILES string of the molecule is CC(=O)c1cccc(O)c1NC(C#N)=C(C#N)C#N. The van der Waals surface area contributed by atoms with E-state index in [-0.39, 0.29) is 28.5 Å². The third kappa shape index (κ3) is 2.88. The van der Waals surface area contributed by atoms with Crippen molar-refractivity contribution >= 4 is 11.5 Å². The molecule has 1 rings (SSSR count). The molecule has 0 fully saturated rings. The number of anilines is 1. The summed E-state index contributed by atoms with van der Waals surface area (Å²) in [5.74, 6) is -0.582. The second-order valence-corrected chi connectivity index (χ2v) is 3.47. The van der Waals surface area contributed by atoms with Crippen LogP contribution in [0.4, 0.5) is 5.69 Å². The monoisotopic (exact) mass is 252 g/mol. The number of carbonyl (C=O) groups is 1. The second-order valence-electron chi connectivity index (χ2n) is 3.47.